The van der Waals surface area contributed by atoms with Crippen molar-refractivity contribution in [2.24, 2.45) is 0 Å². The maximum Gasteiger partial charge on any atom is 0.206 e. The number of benzene rings is 2. The lowest BCUT2D eigenvalue weighted by molar-refractivity contribution is 0.104. The molecule has 0 aromatic heterocycles. The van der Waals surface area contributed by atoms with Crippen molar-refractivity contribution in [2.75, 3.05) is 6.61 Å². The minimum absolute atomic E-state index is 0.0859. The van der Waals surface area contributed by atoms with E-state index in [9.17, 15) is 8.42 Å². The molecule has 0 amide bonds. The maximum atomic E-state index is 12.5. The summed E-state index contributed by atoms with van der Waals surface area (Å²) in [4.78, 5) is 0.477. The standard InChI is InChI=1S/C15H14O4S/c1-11-10-18-14-8-7-13(9-15(14)19-11)20(16,17)12-5-3-2-4-6-12/h2-9,11H,10H2,1H3/t11-/m0/s1. The molecule has 0 radical (unpaired) electrons. The highest BCUT2D eigenvalue weighted by Crippen LogP contribution is 2.35. The fourth-order valence-electron chi connectivity index (χ4n) is 2.06. The van der Waals surface area contributed by atoms with E-state index in [1.807, 2.05) is 6.92 Å². The molecule has 1 aliphatic heterocycles. The second kappa shape index (κ2) is 4.83. The van der Waals surface area contributed by atoms with Gasteiger partial charge < -0.3 is 9.47 Å². The highest BCUT2D eigenvalue weighted by Gasteiger charge is 2.23. The third-order valence-corrected chi connectivity index (χ3v) is 4.85. The lowest BCUT2D eigenvalue weighted by Crippen LogP contribution is -2.25. The molecular weight excluding hydrogens is 276 g/mol. The van der Waals surface area contributed by atoms with Gasteiger partial charge in [0.15, 0.2) is 11.5 Å². The van der Waals surface area contributed by atoms with E-state index >= 15 is 0 Å². The van der Waals surface area contributed by atoms with Gasteiger partial charge in [0, 0.05) is 6.07 Å². The molecule has 104 valence electrons. The molecule has 0 saturated heterocycles. The first-order chi connectivity index (χ1) is 9.57. The van der Waals surface area contributed by atoms with Gasteiger partial charge >= 0.3 is 0 Å². The normalized spacial score (nSPS) is 17.8. The van der Waals surface area contributed by atoms with Gasteiger partial charge in [0.2, 0.25) is 9.84 Å². The van der Waals surface area contributed by atoms with Gasteiger partial charge in [0.05, 0.1) is 9.79 Å². The number of fused-ring (bicyclic) bond motifs is 1. The molecule has 2 aromatic carbocycles. The van der Waals surface area contributed by atoms with E-state index in [1.165, 1.54) is 6.07 Å². The molecule has 1 atom stereocenters. The van der Waals surface area contributed by atoms with E-state index < -0.39 is 9.84 Å². The van der Waals surface area contributed by atoms with Gasteiger partial charge in [-0.05, 0) is 31.2 Å². The van der Waals surface area contributed by atoms with Gasteiger partial charge in [-0.3, -0.25) is 0 Å². The van der Waals surface area contributed by atoms with Crippen molar-refractivity contribution >= 4 is 9.84 Å². The van der Waals surface area contributed by atoms with Crippen molar-refractivity contribution in [3.63, 3.8) is 0 Å². The largest absolute Gasteiger partial charge is 0.486 e. The lowest BCUT2D eigenvalue weighted by atomic mass is 10.3. The van der Waals surface area contributed by atoms with Crippen LogP contribution in [0.25, 0.3) is 0 Å². The van der Waals surface area contributed by atoms with Gasteiger partial charge in [-0.15, -0.1) is 0 Å². The van der Waals surface area contributed by atoms with Gasteiger partial charge in [-0.1, -0.05) is 18.2 Å². The van der Waals surface area contributed by atoms with Crippen LogP contribution in [-0.2, 0) is 9.84 Å². The fraction of sp³-hybridized carbons (Fsp3) is 0.200. The van der Waals surface area contributed by atoms with Crippen LogP contribution in [0.15, 0.2) is 58.3 Å². The average Bonchev–Trinajstić information content (AvgIpc) is 2.47. The summed E-state index contributed by atoms with van der Waals surface area (Å²) < 4.78 is 36.1. The van der Waals surface area contributed by atoms with Crippen molar-refractivity contribution in [3.8, 4) is 11.5 Å². The van der Waals surface area contributed by atoms with Crippen LogP contribution in [0.3, 0.4) is 0 Å². The monoisotopic (exact) mass is 290 g/mol. The zero-order valence-corrected chi connectivity index (χ0v) is 11.8. The Morgan fingerprint density at radius 3 is 2.50 bits per heavy atom. The van der Waals surface area contributed by atoms with Crippen LogP contribution in [0.2, 0.25) is 0 Å². The summed E-state index contributed by atoms with van der Waals surface area (Å²) >= 11 is 0. The van der Waals surface area contributed by atoms with Crippen molar-refractivity contribution in [1.82, 2.24) is 0 Å². The van der Waals surface area contributed by atoms with Crippen molar-refractivity contribution in [1.29, 1.82) is 0 Å². The van der Waals surface area contributed by atoms with E-state index in [0.717, 1.165) is 0 Å². The summed E-state index contributed by atoms with van der Waals surface area (Å²) in [5.74, 6) is 1.05. The third kappa shape index (κ3) is 2.25. The molecule has 0 unspecified atom stereocenters. The minimum Gasteiger partial charge on any atom is -0.486 e. The van der Waals surface area contributed by atoms with Crippen LogP contribution in [0.1, 0.15) is 6.92 Å². The van der Waals surface area contributed by atoms with Crippen LogP contribution < -0.4 is 9.47 Å². The van der Waals surface area contributed by atoms with Crippen LogP contribution in [0.5, 0.6) is 11.5 Å². The van der Waals surface area contributed by atoms with Crippen LogP contribution >= 0.6 is 0 Å². The Labute approximate surface area is 117 Å². The van der Waals surface area contributed by atoms with E-state index in [4.69, 9.17) is 9.47 Å². The summed E-state index contributed by atoms with van der Waals surface area (Å²) in [5.41, 5.74) is 0. The summed E-state index contributed by atoms with van der Waals surface area (Å²) in [5, 5.41) is 0. The number of hydrogen-bond acceptors (Lipinski definition) is 4. The Hall–Kier alpha value is -2.01. The highest BCUT2D eigenvalue weighted by atomic mass is 32.2. The summed E-state index contributed by atoms with van der Waals surface area (Å²) in [6.07, 6.45) is -0.0859. The first-order valence-corrected chi connectivity index (χ1v) is 7.79. The van der Waals surface area contributed by atoms with E-state index in [0.29, 0.717) is 18.1 Å². The molecule has 1 aliphatic rings. The summed E-state index contributed by atoms with van der Waals surface area (Å²) in [6, 6.07) is 13.0. The van der Waals surface area contributed by atoms with E-state index in [1.54, 1.807) is 42.5 Å². The van der Waals surface area contributed by atoms with Gasteiger partial charge in [-0.2, -0.15) is 0 Å². The third-order valence-electron chi connectivity index (χ3n) is 3.08. The molecule has 0 spiro atoms. The van der Waals surface area contributed by atoms with E-state index in [-0.39, 0.29) is 15.9 Å². The van der Waals surface area contributed by atoms with Gasteiger partial charge in [-0.25, -0.2) is 8.42 Å². The lowest BCUT2D eigenvalue weighted by Gasteiger charge is -2.24. The van der Waals surface area contributed by atoms with Crippen molar-refractivity contribution in [2.45, 2.75) is 22.8 Å². The van der Waals surface area contributed by atoms with Crippen LogP contribution in [0.4, 0.5) is 0 Å². The number of hydrogen-bond donors (Lipinski definition) is 0. The van der Waals surface area contributed by atoms with Gasteiger partial charge in [0.1, 0.15) is 12.7 Å². The SMILES string of the molecule is C[C@H]1COc2ccc(S(=O)(=O)c3ccccc3)cc2O1. The second-order valence-electron chi connectivity index (χ2n) is 4.66. The molecule has 0 fully saturated rings. The quantitative estimate of drug-likeness (QED) is 0.853. The topological polar surface area (TPSA) is 52.6 Å². The molecule has 0 bridgehead atoms. The minimum atomic E-state index is -3.53. The molecule has 0 aliphatic carbocycles. The first kappa shape index (κ1) is 13.0. The zero-order chi connectivity index (χ0) is 14.2. The highest BCUT2D eigenvalue weighted by molar-refractivity contribution is 7.91. The second-order valence-corrected chi connectivity index (χ2v) is 6.61. The molecule has 3 rings (SSSR count). The van der Waals surface area contributed by atoms with Crippen LogP contribution in [0, 0.1) is 0 Å². The Kier molecular flexibility index (Phi) is 3.14. The van der Waals surface area contributed by atoms with Crippen molar-refractivity contribution < 1.29 is 17.9 Å². The zero-order valence-electron chi connectivity index (χ0n) is 10.9. The predicted octanol–water partition coefficient (Wildman–Crippen LogP) is 2.68. The Balaban J connectivity index is 2.05. The van der Waals surface area contributed by atoms with Crippen LogP contribution in [-0.4, -0.2) is 21.1 Å². The van der Waals surface area contributed by atoms with E-state index in [2.05, 4.69) is 0 Å². The summed E-state index contributed by atoms with van der Waals surface area (Å²) in [7, 11) is -3.53. The predicted molar refractivity (Wildman–Crippen MR) is 73.9 cm³/mol. The molecule has 1 heterocycles. The molecule has 20 heavy (non-hydrogen) atoms. The first-order valence-electron chi connectivity index (χ1n) is 6.31. The maximum absolute atomic E-state index is 12.5. The van der Waals surface area contributed by atoms with Crippen molar-refractivity contribution in [3.05, 3.63) is 48.5 Å². The molecule has 0 saturated carbocycles. The molecule has 0 N–H and O–H groups in total. The Bertz CT molecular complexity index is 723. The molecule has 5 heteroatoms. The average molecular weight is 290 g/mol. The summed E-state index contributed by atoms with van der Waals surface area (Å²) in [6.45, 7) is 2.35. The number of rotatable bonds is 2. The fourth-order valence-corrected chi connectivity index (χ4v) is 3.36. The smallest absolute Gasteiger partial charge is 0.206 e. The van der Waals surface area contributed by atoms with Gasteiger partial charge in [0.25, 0.3) is 0 Å². The molecule has 4 nitrogen and oxygen atoms in total. The molecule has 2 aromatic rings. The number of ether oxygens (including phenoxy) is 2. The number of sulfone groups is 1. The Morgan fingerprint density at radius 1 is 1.00 bits per heavy atom. The molecular formula is C15H14O4S. The Morgan fingerprint density at radius 2 is 1.75 bits per heavy atom.